The van der Waals surface area contributed by atoms with Gasteiger partial charge in [-0.2, -0.15) is 0 Å². The largest absolute Gasteiger partial charge is 0.466 e. The summed E-state index contributed by atoms with van der Waals surface area (Å²) in [6, 6.07) is 1.06. The maximum Gasteiger partial charge on any atom is 0.306 e. The first-order valence-electron chi connectivity index (χ1n) is 6.74. The number of halogens is 1. The van der Waals surface area contributed by atoms with Crippen LogP contribution in [0.4, 0.5) is 0 Å². The number of esters is 1. The van der Waals surface area contributed by atoms with E-state index in [0.29, 0.717) is 13.0 Å². The molecular weight excluding hydrogens is 355 g/mol. The van der Waals surface area contributed by atoms with Crippen molar-refractivity contribution in [1.29, 1.82) is 0 Å². The van der Waals surface area contributed by atoms with E-state index in [1.54, 1.807) is 0 Å². The van der Waals surface area contributed by atoms with Gasteiger partial charge < -0.3 is 4.74 Å². The topological polar surface area (TPSA) is 26.3 Å². The van der Waals surface area contributed by atoms with E-state index in [2.05, 4.69) is 55.2 Å². The molecule has 0 bridgehead atoms. The third-order valence-electron chi connectivity index (χ3n) is 2.81. The Balaban J connectivity index is 3.75. The summed E-state index contributed by atoms with van der Waals surface area (Å²) in [5, 5.41) is 0. The van der Waals surface area contributed by atoms with E-state index >= 15 is 0 Å². The van der Waals surface area contributed by atoms with E-state index in [4.69, 9.17) is 4.74 Å². The summed E-state index contributed by atoms with van der Waals surface area (Å²) in [6.45, 7) is 9.54. The van der Waals surface area contributed by atoms with Gasteiger partial charge in [0.15, 0.2) is 0 Å². The normalized spacial score (nSPS) is 12.6. The minimum Gasteiger partial charge on any atom is -0.466 e. The molecule has 0 rings (SSSR count). The third-order valence-corrected chi connectivity index (χ3v) is 5.27. The first-order chi connectivity index (χ1) is 8.39. The van der Waals surface area contributed by atoms with Crippen LogP contribution < -0.4 is 0 Å². The number of allylic oxidation sites excluding steroid dienone is 2. The Bertz CT molecular complexity index is 269. The minimum absolute atomic E-state index is 0.0397. The van der Waals surface area contributed by atoms with E-state index in [1.165, 1.54) is 16.4 Å². The van der Waals surface area contributed by atoms with Gasteiger partial charge in [-0.1, -0.05) is 53.9 Å². The number of hydrogen-bond acceptors (Lipinski definition) is 2. The van der Waals surface area contributed by atoms with Gasteiger partial charge in [0.2, 0.25) is 0 Å². The molecule has 0 saturated carbocycles. The van der Waals surface area contributed by atoms with Gasteiger partial charge in [-0.05, 0) is 36.7 Å². The fourth-order valence-corrected chi connectivity index (χ4v) is 2.61. The van der Waals surface area contributed by atoms with Crippen molar-refractivity contribution in [3.05, 3.63) is 11.6 Å². The molecule has 18 heavy (non-hydrogen) atoms. The van der Waals surface area contributed by atoms with E-state index in [0.717, 1.165) is 18.9 Å². The zero-order valence-corrected chi connectivity index (χ0v) is 15.4. The van der Waals surface area contributed by atoms with Gasteiger partial charge >= 0.3 is 5.97 Å². The average Bonchev–Trinajstić information content (AvgIpc) is 2.27. The predicted octanol–water partition coefficient (Wildman–Crippen LogP) is 4.81. The van der Waals surface area contributed by atoms with Crippen molar-refractivity contribution in [3.63, 3.8) is 0 Å². The van der Waals surface area contributed by atoms with Crippen LogP contribution in [-0.2, 0) is 9.53 Å². The van der Waals surface area contributed by atoms with Crippen molar-refractivity contribution in [2.24, 2.45) is 0 Å². The molecule has 0 aliphatic rings. The van der Waals surface area contributed by atoms with Crippen LogP contribution in [0, 0.1) is 0 Å². The summed E-state index contributed by atoms with van der Waals surface area (Å²) in [4.78, 5) is 11.6. The number of hydrogen-bond donors (Lipinski definition) is 0. The lowest BCUT2D eigenvalue weighted by Gasteiger charge is -2.15. The molecular formula is C14H27IO2Si. The van der Waals surface area contributed by atoms with E-state index in [-0.39, 0.29) is 5.97 Å². The molecule has 0 spiro atoms. The molecule has 4 heteroatoms. The van der Waals surface area contributed by atoms with Crippen molar-refractivity contribution in [3.8, 4) is 0 Å². The molecule has 0 aromatic rings. The Kier molecular flexibility index (Phi) is 10.1. The SMILES string of the molecule is C/C=C(/CCCI)CCC(=O)OCC[Si](C)(C)C. The first kappa shape index (κ1) is 18.2. The molecule has 0 amide bonds. The smallest absolute Gasteiger partial charge is 0.306 e. The highest BCUT2D eigenvalue weighted by molar-refractivity contribution is 14.1. The molecule has 0 heterocycles. The monoisotopic (exact) mass is 382 g/mol. The average molecular weight is 382 g/mol. The minimum atomic E-state index is -1.08. The van der Waals surface area contributed by atoms with Gasteiger partial charge in [-0.3, -0.25) is 4.79 Å². The van der Waals surface area contributed by atoms with Gasteiger partial charge in [0.1, 0.15) is 0 Å². The Labute approximate surface area is 127 Å². The molecule has 0 saturated heterocycles. The standard InChI is InChI=1S/C14H27IO2Si/c1-5-13(7-6-10-15)8-9-14(16)17-11-12-18(2,3)4/h5H,6-12H2,1-4H3/b13-5-. The van der Waals surface area contributed by atoms with Gasteiger partial charge in [0.05, 0.1) is 6.61 Å². The van der Waals surface area contributed by atoms with Gasteiger partial charge in [-0.25, -0.2) is 0 Å². The lowest BCUT2D eigenvalue weighted by atomic mass is 10.1. The number of alkyl halides is 1. The Hall–Kier alpha value is 0.157. The van der Waals surface area contributed by atoms with Crippen molar-refractivity contribution in [1.82, 2.24) is 0 Å². The molecule has 0 aromatic carbocycles. The van der Waals surface area contributed by atoms with Crippen LogP contribution in [0.1, 0.15) is 32.6 Å². The fourth-order valence-electron chi connectivity index (χ4n) is 1.51. The second kappa shape index (κ2) is 10.0. The highest BCUT2D eigenvalue weighted by Crippen LogP contribution is 2.14. The number of carbonyl (C=O) groups excluding carboxylic acids is 1. The molecule has 0 aromatic heterocycles. The van der Waals surface area contributed by atoms with Gasteiger partial charge in [0, 0.05) is 14.5 Å². The van der Waals surface area contributed by atoms with Crippen molar-refractivity contribution in [2.75, 3.05) is 11.0 Å². The Morgan fingerprint density at radius 2 is 1.89 bits per heavy atom. The van der Waals surface area contributed by atoms with Crippen LogP contribution in [0.2, 0.25) is 25.7 Å². The number of rotatable bonds is 9. The zero-order chi connectivity index (χ0) is 14.0. The van der Waals surface area contributed by atoms with Crippen LogP contribution in [0.25, 0.3) is 0 Å². The van der Waals surface area contributed by atoms with Gasteiger partial charge in [-0.15, -0.1) is 0 Å². The Morgan fingerprint density at radius 3 is 2.39 bits per heavy atom. The summed E-state index contributed by atoms with van der Waals surface area (Å²) in [6.07, 6.45) is 5.85. The molecule has 0 unspecified atom stereocenters. The van der Waals surface area contributed by atoms with Crippen LogP contribution in [-0.4, -0.2) is 25.1 Å². The maximum absolute atomic E-state index is 11.6. The van der Waals surface area contributed by atoms with E-state index in [9.17, 15) is 4.79 Å². The lowest BCUT2D eigenvalue weighted by molar-refractivity contribution is -0.143. The summed E-state index contributed by atoms with van der Waals surface area (Å²) >= 11 is 2.39. The maximum atomic E-state index is 11.6. The van der Waals surface area contributed by atoms with Crippen molar-refractivity contribution < 1.29 is 9.53 Å². The molecule has 0 radical (unpaired) electrons. The van der Waals surface area contributed by atoms with Crippen LogP contribution in [0.5, 0.6) is 0 Å². The van der Waals surface area contributed by atoms with Crippen LogP contribution in [0.15, 0.2) is 11.6 Å². The lowest BCUT2D eigenvalue weighted by Crippen LogP contribution is -2.22. The number of carbonyl (C=O) groups is 1. The quantitative estimate of drug-likeness (QED) is 0.188. The second-order valence-electron chi connectivity index (χ2n) is 5.77. The fraction of sp³-hybridized carbons (Fsp3) is 0.786. The zero-order valence-electron chi connectivity index (χ0n) is 12.2. The third kappa shape index (κ3) is 11.3. The summed E-state index contributed by atoms with van der Waals surface area (Å²) in [5.74, 6) is -0.0397. The van der Waals surface area contributed by atoms with Crippen LogP contribution >= 0.6 is 22.6 Å². The highest BCUT2D eigenvalue weighted by atomic mass is 127. The van der Waals surface area contributed by atoms with E-state index < -0.39 is 8.07 Å². The summed E-state index contributed by atoms with van der Waals surface area (Å²) < 4.78 is 6.46. The van der Waals surface area contributed by atoms with Crippen LogP contribution in [0.3, 0.4) is 0 Å². The molecule has 0 aliphatic heterocycles. The van der Waals surface area contributed by atoms with Crippen molar-refractivity contribution in [2.45, 2.75) is 58.3 Å². The molecule has 2 nitrogen and oxygen atoms in total. The Morgan fingerprint density at radius 1 is 1.22 bits per heavy atom. The van der Waals surface area contributed by atoms with Gasteiger partial charge in [0.25, 0.3) is 0 Å². The molecule has 0 fully saturated rings. The summed E-state index contributed by atoms with van der Waals surface area (Å²) in [7, 11) is -1.08. The second-order valence-corrected chi connectivity index (χ2v) is 12.5. The highest BCUT2D eigenvalue weighted by Gasteiger charge is 2.13. The molecule has 106 valence electrons. The van der Waals surface area contributed by atoms with E-state index in [1.807, 2.05) is 0 Å². The summed E-state index contributed by atoms with van der Waals surface area (Å²) in [5.41, 5.74) is 1.38. The van der Waals surface area contributed by atoms with Crippen molar-refractivity contribution >= 4 is 36.6 Å². The predicted molar refractivity (Wildman–Crippen MR) is 90.2 cm³/mol. The first-order valence-corrected chi connectivity index (χ1v) is 12.0. The number of ether oxygens (including phenoxy) is 1. The molecule has 0 N–H and O–H groups in total. The molecule has 0 atom stereocenters. The molecule has 0 aliphatic carbocycles.